The van der Waals surface area contributed by atoms with E-state index in [1.807, 2.05) is 0 Å². The van der Waals surface area contributed by atoms with Gasteiger partial charge in [-0.3, -0.25) is 0 Å². The van der Waals surface area contributed by atoms with Gasteiger partial charge in [-0.15, -0.1) is 0 Å². The number of rotatable bonds is 6. The molecular formula is C6H16O3SZr. The first kappa shape index (κ1) is 12.1. The molecule has 0 N–H and O–H groups in total. The molecule has 0 fully saturated rings. The van der Waals surface area contributed by atoms with Gasteiger partial charge >= 0.3 is 80.3 Å². The summed E-state index contributed by atoms with van der Waals surface area (Å²) in [4.78, 5) is 0. The third-order valence-corrected chi connectivity index (χ3v) is 8.85. The van der Waals surface area contributed by atoms with Crippen LogP contribution in [0.25, 0.3) is 0 Å². The van der Waals surface area contributed by atoms with Crippen LogP contribution in [0.4, 0.5) is 0 Å². The molecular weight excluding hydrogens is 243 g/mol. The molecule has 0 radical (unpaired) electrons. The molecule has 0 aromatic rings. The van der Waals surface area contributed by atoms with Gasteiger partial charge in [0.2, 0.25) is 0 Å². The van der Waals surface area contributed by atoms with Crippen molar-refractivity contribution < 1.29 is 30.0 Å². The van der Waals surface area contributed by atoms with E-state index >= 15 is 0 Å². The van der Waals surface area contributed by atoms with Crippen molar-refractivity contribution in [2.75, 3.05) is 27.1 Å². The Hall–Kier alpha value is 1.11. The van der Waals surface area contributed by atoms with E-state index in [-0.39, 0.29) is 0 Å². The second kappa shape index (κ2) is 6.61. The van der Waals surface area contributed by atoms with E-state index in [1.54, 1.807) is 21.3 Å². The molecule has 0 heterocycles. The first-order chi connectivity index (χ1) is 5.24. The van der Waals surface area contributed by atoms with Crippen molar-refractivity contribution in [3.8, 4) is 0 Å². The van der Waals surface area contributed by atoms with Crippen LogP contribution in [0, 0.1) is 0 Å². The predicted octanol–water partition coefficient (Wildman–Crippen LogP) is 1.56. The summed E-state index contributed by atoms with van der Waals surface area (Å²) in [5.74, 6) is 0.856. The van der Waals surface area contributed by atoms with Crippen molar-refractivity contribution in [2.45, 2.75) is 10.5 Å². The number of hydrogen-bond acceptors (Lipinski definition) is 4. The molecule has 0 rings (SSSR count). The normalized spacial score (nSPS) is 12.0. The summed E-state index contributed by atoms with van der Waals surface area (Å²) in [6.45, 7) is 0. The second-order valence-corrected chi connectivity index (χ2v) is 10.2. The Kier molecular flexibility index (Phi) is 7.28. The van der Waals surface area contributed by atoms with Gasteiger partial charge in [-0.1, -0.05) is 0 Å². The van der Waals surface area contributed by atoms with Gasteiger partial charge < -0.3 is 0 Å². The van der Waals surface area contributed by atoms with E-state index in [0.717, 1.165) is 16.3 Å². The maximum absolute atomic E-state index is 5.27. The summed E-state index contributed by atoms with van der Waals surface area (Å²) < 4.78 is 16.7. The maximum atomic E-state index is 5.27. The van der Waals surface area contributed by atoms with E-state index in [2.05, 4.69) is 12.6 Å². The van der Waals surface area contributed by atoms with Crippen molar-refractivity contribution in [3.63, 3.8) is 0 Å². The van der Waals surface area contributed by atoms with Crippen LogP contribution in [0.5, 0.6) is 0 Å². The van der Waals surface area contributed by atoms with E-state index in [9.17, 15) is 0 Å². The molecule has 0 aliphatic carbocycles. The summed E-state index contributed by atoms with van der Waals surface area (Å²) >= 11 is 1.10. The average molecular weight is 259 g/mol. The van der Waals surface area contributed by atoms with Crippen molar-refractivity contribution in [1.82, 2.24) is 0 Å². The van der Waals surface area contributed by atoms with Gasteiger partial charge in [0, 0.05) is 0 Å². The Bertz CT molecular complexity index is 89.6. The van der Waals surface area contributed by atoms with Crippen LogP contribution in [-0.2, 0) is 30.0 Å². The summed E-state index contributed by atoms with van der Waals surface area (Å²) in [6, 6.07) is 0. The van der Waals surface area contributed by atoms with Gasteiger partial charge in [-0.05, 0) is 0 Å². The zero-order valence-corrected chi connectivity index (χ0v) is 10.6. The Labute approximate surface area is 80.1 Å². The molecule has 0 amide bonds. The molecule has 0 bridgehead atoms. The summed E-state index contributed by atoms with van der Waals surface area (Å²) in [7, 11) is 4.96. The van der Waals surface area contributed by atoms with Crippen LogP contribution in [0.2, 0.25) is 4.13 Å². The van der Waals surface area contributed by atoms with Crippen LogP contribution in [0.3, 0.4) is 0 Å². The van der Waals surface area contributed by atoms with Crippen molar-refractivity contribution >= 4 is 12.6 Å². The van der Waals surface area contributed by atoms with Crippen LogP contribution in [0.15, 0.2) is 0 Å². The molecule has 0 spiro atoms. The van der Waals surface area contributed by atoms with Crippen molar-refractivity contribution in [2.24, 2.45) is 0 Å². The van der Waals surface area contributed by atoms with Crippen LogP contribution < -0.4 is 0 Å². The molecule has 0 saturated heterocycles. The topological polar surface area (TPSA) is 27.7 Å². The Morgan fingerprint density at radius 2 is 1.55 bits per heavy atom. The van der Waals surface area contributed by atoms with Gasteiger partial charge in [0.25, 0.3) is 0 Å². The molecule has 5 heteroatoms. The average Bonchev–Trinajstić information content (AvgIpc) is 2.08. The third kappa shape index (κ3) is 4.04. The van der Waals surface area contributed by atoms with Gasteiger partial charge in [0.15, 0.2) is 0 Å². The van der Waals surface area contributed by atoms with E-state index in [4.69, 9.17) is 8.44 Å². The fourth-order valence-corrected chi connectivity index (χ4v) is 5.97. The van der Waals surface area contributed by atoms with Gasteiger partial charge in [-0.2, -0.15) is 0 Å². The molecule has 0 saturated carbocycles. The van der Waals surface area contributed by atoms with Crippen molar-refractivity contribution in [3.05, 3.63) is 0 Å². The van der Waals surface area contributed by atoms with E-state index in [1.165, 1.54) is 0 Å². The molecule has 0 aliphatic rings. The summed E-state index contributed by atoms with van der Waals surface area (Å²) in [5, 5.41) is 0. The van der Waals surface area contributed by atoms with E-state index < -0.39 is 21.6 Å². The quantitative estimate of drug-likeness (QED) is 0.734. The van der Waals surface area contributed by atoms with Crippen LogP contribution in [-0.4, -0.2) is 27.1 Å². The zero-order chi connectivity index (χ0) is 8.74. The first-order valence-corrected chi connectivity index (χ1v) is 8.89. The van der Waals surface area contributed by atoms with Gasteiger partial charge in [0.1, 0.15) is 0 Å². The fraction of sp³-hybridized carbons (Fsp3) is 1.00. The number of thiol groups is 1. The van der Waals surface area contributed by atoms with Gasteiger partial charge in [0.05, 0.1) is 0 Å². The Morgan fingerprint density at radius 3 is 1.82 bits per heavy atom. The molecule has 3 nitrogen and oxygen atoms in total. The summed E-state index contributed by atoms with van der Waals surface area (Å²) in [6.07, 6.45) is 0.995. The van der Waals surface area contributed by atoms with Gasteiger partial charge in [-0.25, -0.2) is 0 Å². The van der Waals surface area contributed by atoms with Crippen LogP contribution in [0.1, 0.15) is 6.42 Å². The minimum atomic E-state index is -3.01. The molecule has 68 valence electrons. The molecule has 0 aromatic carbocycles. The molecule has 0 aliphatic heterocycles. The SMILES string of the molecule is C[O][Zr]([CH2]CCS)([O]C)[O]C. The minimum absolute atomic E-state index is 0.856. The summed E-state index contributed by atoms with van der Waals surface area (Å²) in [5.41, 5.74) is 0. The molecule has 0 aromatic heterocycles. The van der Waals surface area contributed by atoms with Crippen molar-refractivity contribution in [1.29, 1.82) is 0 Å². The zero-order valence-electron chi connectivity index (χ0n) is 7.29. The predicted molar refractivity (Wildman–Crippen MR) is 44.3 cm³/mol. The Morgan fingerprint density at radius 1 is 1.09 bits per heavy atom. The monoisotopic (exact) mass is 258 g/mol. The standard InChI is InChI=1S/C3H7S.3CH3O.Zr/c1-2-3-4;3*1-2;/h4H,1-3H2;3*1H3;/q;3*-1;+3. The molecule has 0 unspecified atom stereocenters. The van der Waals surface area contributed by atoms with E-state index in [0.29, 0.717) is 0 Å². The Balaban J connectivity index is 3.84. The van der Waals surface area contributed by atoms with Crippen LogP contribution >= 0.6 is 12.6 Å². The first-order valence-electron chi connectivity index (χ1n) is 3.51. The molecule has 11 heavy (non-hydrogen) atoms. The third-order valence-electron chi connectivity index (χ3n) is 1.57. The molecule has 0 atom stereocenters. The second-order valence-electron chi connectivity index (χ2n) is 2.12. The number of hydrogen-bond donors (Lipinski definition) is 1. The fourth-order valence-electron chi connectivity index (χ4n) is 0.852.